The largest absolute Gasteiger partial charge is 0.320 e. The van der Waals surface area contributed by atoms with Crippen LogP contribution in [0.2, 0.25) is 10.0 Å². The van der Waals surface area contributed by atoms with Gasteiger partial charge in [0, 0.05) is 6.54 Å². The summed E-state index contributed by atoms with van der Waals surface area (Å²) in [5.41, 5.74) is 0.150. The number of amides is 1. The van der Waals surface area contributed by atoms with Gasteiger partial charge in [-0.1, -0.05) is 29.3 Å². The van der Waals surface area contributed by atoms with Crippen LogP contribution in [-0.2, 0) is 13.1 Å². The highest BCUT2D eigenvalue weighted by atomic mass is 35.5. The molecular weight excluding hydrogens is 397 g/mol. The SMILES string of the molecule is CCn1cc([N+](=O)[O-])c(C(=O)Nc2ncn(Cc3ccc(Cl)c(Cl)c3)n2)n1. The molecule has 0 aliphatic rings. The van der Waals surface area contributed by atoms with Gasteiger partial charge in [0.1, 0.15) is 12.5 Å². The number of hydrogen-bond donors (Lipinski definition) is 1. The van der Waals surface area contributed by atoms with Crippen molar-refractivity contribution in [3.8, 4) is 0 Å². The summed E-state index contributed by atoms with van der Waals surface area (Å²) in [4.78, 5) is 26.7. The van der Waals surface area contributed by atoms with Crippen molar-refractivity contribution in [1.82, 2.24) is 24.5 Å². The van der Waals surface area contributed by atoms with Gasteiger partial charge in [-0.05, 0) is 24.6 Å². The number of aromatic nitrogens is 5. The number of nitrogens with zero attached hydrogens (tertiary/aromatic N) is 6. The van der Waals surface area contributed by atoms with Gasteiger partial charge in [0.05, 0.1) is 21.5 Å². The van der Waals surface area contributed by atoms with Crippen molar-refractivity contribution < 1.29 is 9.72 Å². The standard InChI is InChI=1S/C15H13Cl2N7O3/c1-2-22-7-12(24(26)27)13(20-22)14(25)19-15-18-8-23(21-15)6-9-3-4-10(16)11(17)5-9/h3-5,7-8H,2,6H2,1H3,(H,19,21,25). The minimum absolute atomic E-state index is 0.000377. The lowest BCUT2D eigenvalue weighted by atomic mass is 10.2. The van der Waals surface area contributed by atoms with Crippen molar-refractivity contribution in [3.63, 3.8) is 0 Å². The van der Waals surface area contributed by atoms with Crippen molar-refractivity contribution in [2.24, 2.45) is 0 Å². The number of nitrogens with one attached hydrogen (secondary N) is 1. The Morgan fingerprint density at radius 2 is 2.04 bits per heavy atom. The first-order chi connectivity index (χ1) is 12.9. The molecule has 0 atom stereocenters. The second kappa shape index (κ2) is 7.72. The lowest BCUT2D eigenvalue weighted by Gasteiger charge is -2.03. The van der Waals surface area contributed by atoms with Gasteiger partial charge in [-0.2, -0.15) is 5.10 Å². The van der Waals surface area contributed by atoms with Crippen LogP contribution in [0.1, 0.15) is 23.0 Å². The van der Waals surface area contributed by atoms with Crippen LogP contribution in [0, 0.1) is 10.1 Å². The summed E-state index contributed by atoms with van der Waals surface area (Å²) in [6, 6.07) is 5.15. The predicted octanol–water partition coefficient (Wildman–Crippen LogP) is 3.01. The van der Waals surface area contributed by atoms with Gasteiger partial charge >= 0.3 is 5.69 Å². The Kier molecular flexibility index (Phi) is 5.38. The Hall–Kier alpha value is -2.98. The molecule has 10 nitrogen and oxygen atoms in total. The van der Waals surface area contributed by atoms with Gasteiger partial charge in [0.15, 0.2) is 0 Å². The van der Waals surface area contributed by atoms with E-state index in [1.54, 1.807) is 25.1 Å². The van der Waals surface area contributed by atoms with Crippen LogP contribution in [0.25, 0.3) is 0 Å². The summed E-state index contributed by atoms with van der Waals surface area (Å²) < 4.78 is 2.79. The molecule has 3 rings (SSSR count). The molecule has 1 amide bonds. The zero-order valence-corrected chi connectivity index (χ0v) is 15.5. The Labute approximate surface area is 162 Å². The van der Waals surface area contributed by atoms with E-state index in [0.29, 0.717) is 23.1 Å². The number of benzene rings is 1. The first-order valence-corrected chi connectivity index (χ1v) is 8.49. The van der Waals surface area contributed by atoms with Gasteiger partial charge in [0.2, 0.25) is 11.6 Å². The molecule has 2 aromatic heterocycles. The summed E-state index contributed by atoms with van der Waals surface area (Å²) in [6.45, 7) is 2.50. The first-order valence-electron chi connectivity index (χ1n) is 7.74. The molecule has 0 unspecified atom stereocenters. The quantitative estimate of drug-likeness (QED) is 0.493. The van der Waals surface area contributed by atoms with Crippen molar-refractivity contribution in [2.45, 2.75) is 20.0 Å². The fourth-order valence-corrected chi connectivity index (χ4v) is 2.60. The maximum absolute atomic E-state index is 12.3. The average molecular weight is 410 g/mol. The molecule has 3 aromatic rings. The number of rotatable bonds is 6. The lowest BCUT2D eigenvalue weighted by Crippen LogP contribution is -2.16. The van der Waals surface area contributed by atoms with E-state index in [1.807, 2.05) is 0 Å². The lowest BCUT2D eigenvalue weighted by molar-refractivity contribution is -0.385. The molecule has 12 heteroatoms. The first kappa shape index (κ1) is 18.8. The minimum Gasteiger partial charge on any atom is -0.287 e. The topological polar surface area (TPSA) is 121 Å². The van der Waals surface area contributed by atoms with Crippen LogP contribution in [-0.4, -0.2) is 35.4 Å². The third kappa shape index (κ3) is 4.23. The Balaban J connectivity index is 1.74. The van der Waals surface area contributed by atoms with Gasteiger partial charge in [-0.25, -0.2) is 9.67 Å². The van der Waals surface area contributed by atoms with Crippen molar-refractivity contribution in [3.05, 3.63) is 62.1 Å². The van der Waals surface area contributed by atoms with Crippen molar-refractivity contribution in [2.75, 3.05) is 5.32 Å². The molecule has 0 saturated heterocycles. The Morgan fingerprint density at radius 1 is 1.26 bits per heavy atom. The average Bonchev–Trinajstić information content (AvgIpc) is 3.25. The normalized spacial score (nSPS) is 10.8. The highest BCUT2D eigenvalue weighted by Crippen LogP contribution is 2.23. The number of halogens is 2. The molecule has 0 fully saturated rings. The fourth-order valence-electron chi connectivity index (χ4n) is 2.28. The molecule has 1 aromatic carbocycles. The minimum atomic E-state index is -0.763. The van der Waals surface area contributed by atoms with Crippen LogP contribution in [0.4, 0.5) is 11.6 Å². The highest BCUT2D eigenvalue weighted by Gasteiger charge is 2.26. The van der Waals surface area contributed by atoms with E-state index in [0.717, 1.165) is 5.56 Å². The summed E-state index contributed by atoms with van der Waals surface area (Å²) in [7, 11) is 0. The third-order valence-corrected chi connectivity index (χ3v) is 4.31. The van der Waals surface area contributed by atoms with Crippen LogP contribution < -0.4 is 5.32 Å². The summed E-state index contributed by atoms with van der Waals surface area (Å²) >= 11 is 11.9. The molecule has 1 N–H and O–H groups in total. The smallest absolute Gasteiger partial charge is 0.287 e. The van der Waals surface area contributed by atoms with E-state index < -0.39 is 10.8 Å². The molecule has 0 bridgehead atoms. The fraction of sp³-hybridized carbons (Fsp3) is 0.200. The highest BCUT2D eigenvalue weighted by molar-refractivity contribution is 6.42. The van der Waals surface area contributed by atoms with Gasteiger partial charge < -0.3 is 0 Å². The Bertz CT molecular complexity index is 1010. The number of carbonyl (C=O) groups excluding carboxylic acids is 1. The third-order valence-electron chi connectivity index (χ3n) is 3.57. The summed E-state index contributed by atoms with van der Waals surface area (Å²) in [5, 5.41) is 22.4. The van der Waals surface area contributed by atoms with E-state index in [-0.39, 0.29) is 17.3 Å². The number of carbonyl (C=O) groups is 1. The van der Waals surface area contributed by atoms with Crippen LogP contribution >= 0.6 is 23.2 Å². The molecule has 0 saturated carbocycles. The second-order valence-corrected chi connectivity index (χ2v) is 6.26. The van der Waals surface area contributed by atoms with Gasteiger partial charge in [-0.15, -0.1) is 5.10 Å². The maximum atomic E-state index is 12.3. The van der Waals surface area contributed by atoms with Gasteiger partial charge in [-0.3, -0.25) is 24.9 Å². The van der Waals surface area contributed by atoms with E-state index >= 15 is 0 Å². The molecule has 0 aliphatic heterocycles. The molecule has 140 valence electrons. The molecule has 0 radical (unpaired) electrons. The van der Waals surface area contributed by atoms with E-state index in [1.165, 1.54) is 21.9 Å². The van der Waals surface area contributed by atoms with E-state index in [2.05, 4.69) is 20.5 Å². The van der Waals surface area contributed by atoms with Crippen molar-refractivity contribution in [1.29, 1.82) is 0 Å². The zero-order chi connectivity index (χ0) is 19.6. The van der Waals surface area contributed by atoms with E-state index in [4.69, 9.17) is 23.2 Å². The van der Waals surface area contributed by atoms with Crippen molar-refractivity contribution >= 4 is 40.7 Å². The second-order valence-electron chi connectivity index (χ2n) is 5.44. The molecule has 0 spiro atoms. The summed E-state index contributed by atoms with van der Waals surface area (Å²) in [6.07, 6.45) is 2.61. The maximum Gasteiger partial charge on any atom is 0.320 e. The number of nitro groups is 1. The molecular formula is C15H13Cl2N7O3. The van der Waals surface area contributed by atoms with Gasteiger partial charge in [0.25, 0.3) is 5.91 Å². The molecule has 27 heavy (non-hydrogen) atoms. The van der Waals surface area contributed by atoms with Crippen LogP contribution in [0.3, 0.4) is 0 Å². The molecule has 2 heterocycles. The zero-order valence-electron chi connectivity index (χ0n) is 14.0. The monoisotopic (exact) mass is 409 g/mol. The molecule has 0 aliphatic carbocycles. The van der Waals surface area contributed by atoms with Crippen LogP contribution in [0.5, 0.6) is 0 Å². The number of hydrogen-bond acceptors (Lipinski definition) is 6. The summed E-state index contributed by atoms with van der Waals surface area (Å²) in [5.74, 6) is -0.762. The Morgan fingerprint density at radius 3 is 2.70 bits per heavy atom. The van der Waals surface area contributed by atoms with E-state index in [9.17, 15) is 14.9 Å². The number of aryl methyl sites for hydroxylation is 1. The number of anilines is 1. The predicted molar refractivity (Wildman–Crippen MR) is 98.1 cm³/mol. The van der Waals surface area contributed by atoms with Crippen LogP contribution in [0.15, 0.2) is 30.7 Å².